The van der Waals surface area contributed by atoms with Gasteiger partial charge in [0.25, 0.3) is 5.91 Å². The molecule has 34 heavy (non-hydrogen) atoms. The summed E-state index contributed by atoms with van der Waals surface area (Å²) in [5.74, 6) is -0.00281. The van der Waals surface area contributed by atoms with E-state index in [0.29, 0.717) is 19.4 Å². The molecule has 2 saturated heterocycles. The Labute approximate surface area is 193 Å². The molecule has 4 atom stereocenters. The van der Waals surface area contributed by atoms with Crippen LogP contribution in [0.2, 0.25) is 0 Å². The molecule has 1 saturated carbocycles. The first-order chi connectivity index (χ1) is 16.3. The number of piperidine rings is 2. The van der Waals surface area contributed by atoms with Crippen molar-refractivity contribution in [3.8, 4) is 5.88 Å². The number of nitrogens with zero attached hydrogens (tertiary/aromatic N) is 4. The third-order valence-electron chi connectivity index (χ3n) is 6.56. The monoisotopic (exact) mass is 474 g/mol. The van der Waals surface area contributed by atoms with E-state index in [4.69, 9.17) is 4.74 Å². The average Bonchev–Trinajstić information content (AvgIpc) is 2.84. The minimum absolute atomic E-state index is 0.0867. The number of carbonyl (C=O) groups is 1. The molecule has 178 valence electrons. The van der Waals surface area contributed by atoms with Gasteiger partial charge in [-0.15, -0.1) is 0 Å². The maximum absolute atomic E-state index is 14.5. The number of rotatable bonds is 4. The molecule has 3 fully saturated rings. The molecule has 4 aliphatic rings. The van der Waals surface area contributed by atoms with Crippen LogP contribution >= 0.6 is 0 Å². The van der Waals surface area contributed by atoms with E-state index in [1.807, 2.05) is 0 Å². The van der Waals surface area contributed by atoms with Gasteiger partial charge >= 0.3 is 6.18 Å². The minimum atomic E-state index is -4.48. The standard InChI is InChI=1S/C24H22F4N4O2/c25-17-4-2-10-30-22(17)21-16(3-1-9-29-21)23(33)32-13-14-5-7-18(32)19(11-14)34-20-8-6-15(12-31-20)24(26,27)28/h1-3,6,8-10,12,14,17-19H,4-5,7,11,13H2. The highest BCUT2D eigenvalue weighted by atomic mass is 19.4. The first kappa shape index (κ1) is 22.5. The highest BCUT2D eigenvalue weighted by Crippen LogP contribution is 2.38. The third kappa shape index (κ3) is 4.28. The number of alkyl halides is 4. The fraction of sp³-hybridized carbons (Fsp3) is 0.417. The maximum atomic E-state index is 14.5. The lowest BCUT2D eigenvalue weighted by atomic mass is 9.77. The Hall–Kier alpha value is -3.30. The molecule has 10 heteroatoms. The SMILES string of the molecule is O=C(c1cccnc1C1=NC=CCC1F)N1CC2CCC1C(Oc1ccc(C(F)(F)F)cn1)C2. The van der Waals surface area contributed by atoms with Gasteiger partial charge in [-0.1, -0.05) is 6.08 Å². The molecular formula is C24H22F4N4O2. The van der Waals surface area contributed by atoms with E-state index in [-0.39, 0.29) is 47.1 Å². The quantitative estimate of drug-likeness (QED) is 0.607. The van der Waals surface area contributed by atoms with Crippen LogP contribution in [0.4, 0.5) is 17.6 Å². The summed E-state index contributed by atoms with van der Waals surface area (Å²) < 4.78 is 59.0. The first-order valence-corrected chi connectivity index (χ1v) is 11.1. The van der Waals surface area contributed by atoms with Crippen molar-refractivity contribution >= 4 is 11.6 Å². The largest absolute Gasteiger partial charge is 0.472 e. The predicted molar refractivity (Wildman–Crippen MR) is 115 cm³/mol. The molecular weight excluding hydrogens is 452 g/mol. The van der Waals surface area contributed by atoms with Gasteiger partial charge in [0.2, 0.25) is 5.88 Å². The molecule has 6 rings (SSSR count). The number of aliphatic imine (C=N–C) groups is 1. The predicted octanol–water partition coefficient (Wildman–Crippen LogP) is 4.61. The zero-order chi connectivity index (χ0) is 23.9. The molecule has 1 amide bonds. The fourth-order valence-electron chi connectivity index (χ4n) is 4.92. The van der Waals surface area contributed by atoms with Gasteiger partial charge in [-0.25, -0.2) is 9.37 Å². The van der Waals surface area contributed by atoms with Crippen LogP contribution in [0, 0.1) is 5.92 Å². The van der Waals surface area contributed by atoms with Crippen LogP contribution < -0.4 is 4.74 Å². The average molecular weight is 474 g/mol. The van der Waals surface area contributed by atoms with Crippen molar-refractivity contribution in [2.45, 2.75) is 50.2 Å². The van der Waals surface area contributed by atoms with Crippen molar-refractivity contribution in [2.75, 3.05) is 6.54 Å². The lowest BCUT2D eigenvalue weighted by Crippen LogP contribution is -2.59. The second-order valence-electron chi connectivity index (χ2n) is 8.75. The second kappa shape index (κ2) is 8.81. The van der Waals surface area contributed by atoms with Crippen molar-refractivity contribution in [1.29, 1.82) is 0 Å². The summed E-state index contributed by atoms with van der Waals surface area (Å²) in [6, 6.07) is 5.11. The molecule has 0 aromatic carbocycles. The van der Waals surface area contributed by atoms with E-state index in [2.05, 4.69) is 15.0 Å². The van der Waals surface area contributed by atoms with Gasteiger partial charge in [0.05, 0.1) is 17.2 Å². The number of carbonyl (C=O) groups excluding carboxylic acids is 1. The first-order valence-electron chi connectivity index (χ1n) is 11.1. The second-order valence-corrected chi connectivity index (χ2v) is 8.75. The summed E-state index contributed by atoms with van der Waals surface area (Å²) in [5.41, 5.74) is -0.209. The highest BCUT2D eigenvalue weighted by Gasteiger charge is 2.45. The van der Waals surface area contributed by atoms with Crippen LogP contribution in [-0.2, 0) is 6.18 Å². The Morgan fingerprint density at radius 3 is 2.71 bits per heavy atom. The summed E-state index contributed by atoms with van der Waals surface area (Å²) in [6.07, 6.45) is 1.66. The molecule has 0 spiro atoms. The Morgan fingerprint density at radius 2 is 2.00 bits per heavy atom. The molecule has 1 aliphatic carbocycles. The summed E-state index contributed by atoms with van der Waals surface area (Å²) in [5, 5.41) is 0. The van der Waals surface area contributed by atoms with Crippen LogP contribution in [-0.4, -0.2) is 51.3 Å². The zero-order valence-electron chi connectivity index (χ0n) is 18.1. The van der Waals surface area contributed by atoms with Crippen molar-refractivity contribution in [2.24, 2.45) is 10.9 Å². The van der Waals surface area contributed by atoms with E-state index >= 15 is 0 Å². The van der Waals surface area contributed by atoms with E-state index < -0.39 is 24.0 Å². The zero-order valence-corrected chi connectivity index (χ0v) is 18.1. The normalized spacial score (nSPS) is 26.4. The molecule has 2 aromatic heterocycles. The van der Waals surface area contributed by atoms with E-state index in [1.54, 1.807) is 23.1 Å². The smallest absolute Gasteiger partial charge is 0.417 e. The van der Waals surface area contributed by atoms with Crippen LogP contribution in [0.15, 0.2) is 53.9 Å². The van der Waals surface area contributed by atoms with Crippen molar-refractivity contribution in [3.63, 3.8) is 0 Å². The van der Waals surface area contributed by atoms with Crippen molar-refractivity contribution in [3.05, 3.63) is 65.8 Å². The molecule has 2 bridgehead atoms. The Morgan fingerprint density at radius 1 is 1.15 bits per heavy atom. The molecule has 5 heterocycles. The minimum Gasteiger partial charge on any atom is -0.472 e. The number of pyridine rings is 2. The van der Waals surface area contributed by atoms with Crippen LogP contribution in [0.5, 0.6) is 5.88 Å². The molecule has 4 unspecified atom stereocenters. The molecule has 6 nitrogen and oxygen atoms in total. The Bertz CT molecular complexity index is 1130. The maximum Gasteiger partial charge on any atom is 0.417 e. The number of fused-ring (bicyclic) bond motifs is 3. The topological polar surface area (TPSA) is 67.7 Å². The summed E-state index contributed by atoms with van der Waals surface area (Å²) in [6.45, 7) is 0.531. The van der Waals surface area contributed by atoms with Crippen LogP contribution in [0.3, 0.4) is 0 Å². The third-order valence-corrected chi connectivity index (χ3v) is 6.56. The van der Waals surface area contributed by atoms with Crippen molar-refractivity contribution < 1.29 is 27.1 Å². The van der Waals surface area contributed by atoms with Crippen LogP contribution in [0.1, 0.15) is 47.3 Å². The van der Waals surface area contributed by atoms with Crippen LogP contribution in [0.25, 0.3) is 0 Å². The summed E-state index contributed by atoms with van der Waals surface area (Å²) in [7, 11) is 0. The number of halogens is 4. The van der Waals surface area contributed by atoms with Crippen molar-refractivity contribution in [1.82, 2.24) is 14.9 Å². The number of hydrogen-bond acceptors (Lipinski definition) is 5. The molecule has 3 aliphatic heterocycles. The summed E-state index contributed by atoms with van der Waals surface area (Å²) >= 11 is 0. The number of allylic oxidation sites excluding steroid dienone is 1. The molecule has 0 radical (unpaired) electrons. The lowest BCUT2D eigenvalue weighted by Gasteiger charge is -2.49. The van der Waals surface area contributed by atoms with Gasteiger partial charge in [-0.05, 0) is 43.4 Å². The number of amides is 1. The fourth-order valence-corrected chi connectivity index (χ4v) is 4.92. The molecule has 2 aromatic rings. The van der Waals surface area contributed by atoms with Gasteiger partial charge in [-0.2, -0.15) is 13.2 Å². The van der Waals surface area contributed by atoms with Gasteiger partial charge in [0.1, 0.15) is 23.7 Å². The van der Waals surface area contributed by atoms with Gasteiger partial charge in [-0.3, -0.25) is 14.8 Å². The van der Waals surface area contributed by atoms with E-state index in [0.717, 1.165) is 18.7 Å². The Kier molecular flexibility index (Phi) is 5.83. The number of ether oxygens (including phenoxy) is 1. The number of aromatic nitrogens is 2. The molecule has 0 N–H and O–H groups in total. The summed E-state index contributed by atoms with van der Waals surface area (Å²) in [4.78, 5) is 27.5. The van der Waals surface area contributed by atoms with E-state index in [9.17, 15) is 22.4 Å². The van der Waals surface area contributed by atoms with Gasteiger partial charge in [0, 0.05) is 37.6 Å². The van der Waals surface area contributed by atoms with Gasteiger partial charge in [0.15, 0.2) is 0 Å². The highest BCUT2D eigenvalue weighted by molar-refractivity contribution is 6.11. The lowest BCUT2D eigenvalue weighted by molar-refractivity contribution is -0.137. The van der Waals surface area contributed by atoms with Gasteiger partial charge < -0.3 is 9.64 Å². The Balaban J connectivity index is 1.38. The number of hydrogen-bond donors (Lipinski definition) is 0. The van der Waals surface area contributed by atoms with E-state index in [1.165, 1.54) is 18.5 Å².